The van der Waals surface area contributed by atoms with Crippen molar-refractivity contribution >= 4 is 16.7 Å². The second-order valence-electron chi connectivity index (χ2n) is 6.51. The third kappa shape index (κ3) is 2.85. The zero-order valence-corrected chi connectivity index (χ0v) is 13.8. The number of fused-ring (bicyclic) bond motifs is 1. The number of aliphatic hydroxyl groups excluding tert-OH is 1. The van der Waals surface area contributed by atoms with E-state index in [4.69, 9.17) is 0 Å². The second-order valence-corrected chi connectivity index (χ2v) is 6.51. The molecule has 1 aromatic heterocycles. The van der Waals surface area contributed by atoms with Gasteiger partial charge in [-0.2, -0.15) is 0 Å². The van der Waals surface area contributed by atoms with Gasteiger partial charge in [-0.25, -0.2) is 9.97 Å². The molecule has 1 saturated heterocycles. The molecule has 24 heavy (non-hydrogen) atoms. The van der Waals surface area contributed by atoms with E-state index in [2.05, 4.69) is 57.3 Å². The molecule has 0 spiro atoms. The summed E-state index contributed by atoms with van der Waals surface area (Å²) in [5.74, 6) is 0.877. The van der Waals surface area contributed by atoms with Crippen LogP contribution in [0.3, 0.4) is 0 Å². The molecule has 0 unspecified atom stereocenters. The predicted molar refractivity (Wildman–Crippen MR) is 96.3 cm³/mol. The fourth-order valence-corrected chi connectivity index (χ4v) is 3.53. The van der Waals surface area contributed by atoms with Crippen LogP contribution in [0, 0.1) is 6.92 Å². The van der Waals surface area contributed by atoms with Gasteiger partial charge in [0.15, 0.2) is 0 Å². The Balaban J connectivity index is 1.55. The zero-order chi connectivity index (χ0) is 16.5. The van der Waals surface area contributed by atoms with Crippen LogP contribution in [0.25, 0.3) is 10.8 Å². The number of hydrogen-bond donors (Lipinski definition) is 1. The number of anilines is 1. The third-order valence-electron chi connectivity index (χ3n) is 4.85. The molecule has 0 aliphatic carbocycles. The number of aromatic nitrogens is 2. The number of aryl methyl sites for hydroxylation is 1. The highest BCUT2D eigenvalue weighted by Crippen LogP contribution is 2.31. The number of β-amino-alcohol motifs (C(OH)–C–C–N with tert-alkyl or cyclic N) is 1. The summed E-state index contributed by atoms with van der Waals surface area (Å²) in [4.78, 5) is 10.9. The van der Waals surface area contributed by atoms with Crippen molar-refractivity contribution in [2.45, 2.75) is 25.4 Å². The molecule has 1 aliphatic heterocycles. The third-order valence-corrected chi connectivity index (χ3v) is 4.85. The average molecular weight is 319 g/mol. The maximum absolute atomic E-state index is 10.7. The summed E-state index contributed by atoms with van der Waals surface area (Å²) >= 11 is 0. The SMILES string of the molecule is Cc1ccnc(N2CC[C@@H](c3ccc4ccccc4c3)[C@H](O)C2)n1. The normalized spacial score (nSPS) is 21.2. The van der Waals surface area contributed by atoms with Crippen molar-refractivity contribution in [3.63, 3.8) is 0 Å². The minimum absolute atomic E-state index is 0.163. The first kappa shape index (κ1) is 15.1. The second kappa shape index (κ2) is 6.21. The molecular weight excluding hydrogens is 298 g/mol. The van der Waals surface area contributed by atoms with E-state index in [1.165, 1.54) is 16.3 Å². The maximum atomic E-state index is 10.7. The molecular formula is C20H21N3O. The minimum atomic E-state index is -0.413. The summed E-state index contributed by atoms with van der Waals surface area (Å²) in [6.45, 7) is 3.39. The van der Waals surface area contributed by atoms with Crippen LogP contribution in [0.2, 0.25) is 0 Å². The highest BCUT2D eigenvalue weighted by atomic mass is 16.3. The number of aliphatic hydroxyl groups is 1. The topological polar surface area (TPSA) is 49.2 Å². The molecule has 1 N–H and O–H groups in total. The van der Waals surface area contributed by atoms with Gasteiger partial charge in [-0.3, -0.25) is 0 Å². The average Bonchev–Trinajstić information content (AvgIpc) is 2.61. The van der Waals surface area contributed by atoms with Gasteiger partial charge in [-0.15, -0.1) is 0 Å². The Bertz CT molecular complexity index is 864. The lowest BCUT2D eigenvalue weighted by Gasteiger charge is -2.36. The van der Waals surface area contributed by atoms with E-state index in [9.17, 15) is 5.11 Å². The summed E-state index contributed by atoms with van der Waals surface area (Å²) in [5.41, 5.74) is 2.16. The van der Waals surface area contributed by atoms with Gasteiger partial charge in [0.2, 0.25) is 5.95 Å². The molecule has 4 rings (SSSR count). The molecule has 3 aromatic rings. The van der Waals surface area contributed by atoms with Crippen molar-refractivity contribution in [3.8, 4) is 0 Å². The van der Waals surface area contributed by atoms with Gasteiger partial charge in [0, 0.05) is 30.9 Å². The van der Waals surface area contributed by atoms with E-state index >= 15 is 0 Å². The van der Waals surface area contributed by atoms with Crippen LogP contribution in [-0.4, -0.2) is 34.3 Å². The largest absolute Gasteiger partial charge is 0.391 e. The molecule has 122 valence electrons. The standard InChI is InChI=1S/C20H21N3O/c1-14-8-10-21-20(22-14)23-11-9-18(19(24)13-23)17-7-6-15-4-2-3-5-16(15)12-17/h2-8,10,12,18-19,24H,9,11,13H2,1H3/t18-,19+/m0/s1. The van der Waals surface area contributed by atoms with Crippen LogP contribution in [0.15, 0.2) is 54.7 Å². The predicted octanol–water partition coefficient (Wildman–Crippen LogP) is 3.29. The number of nitrogens with zero attached hydrogens (tertiary/aromatic N) is 3. The maximum Gasteiger partial charge on any atom is 0.225 e. The van der Waals surface area contributed by atoms with Crippen LogP contribution in [0.1, 0.15) is 23.6 Å². The van der Waals surface area contributed by atoms with E-state index in [1.807, 2.05) is 13.0 Å². The number of piperidine rings is 1. The van der Waals surface area contributed by atoms with Gasteiger partial charge in [0.1, 0.15) is 0 Å². The monoisotopic (exact) mass is 319 g/mol. The van der Waals surface area contributed by atoms with Crippen LogP contribution >= 0.6 is 0 Å². The first-order chi connectivity index (χ1) is 11.7. The van der Waals surface area contributed by atoms with Gasteiger partial charge >= 0.3 is 0 Å². The Morgan fingerprint density at radius 2 is 1.92 bits per heavy atom. The van der Waals surface area contributed by atoms with Gasteiger partial charge in [0.25, 0.3) is 0 Å². The van der Waals surface area contributed by atoms with Crippen molar-refractivity contribution in [2.75, 3.05) is 18.0 Å². The van der Waals surface area contributed by atoms with Crippen molar-refractivity contribution < 1.29 is 5.11 Å². The zero-order valence-electron chi connectivity index (χ0n) is 13.8. The molecule has 0 saturated carbocycles. The molecule has 1 aliphatic rings. The van der Waals surface area contributed by atoms with E-state index in [1.54, 1.807) is 6.20 Å². The fourth-order valence-electron chi connectivity index (χ4n) is 3.53. The number of rotatable bonds is 2. The molecule has 2 aromatic carbocycles. The van der Waals surface area contributed by atoms with Gasteiger partial charge in [-0.1, -0.05) is 42.5 Å². The van der Waals surface area contributed by atoms with Gasteiger partial charge in [-0.05, 0) is 35.7 Å². The summed E-state index contributed by atoms with van der Waals surface area (Å²) < 4.78 is 0. The highest BCUT2D eigenvalue weighted by Gasteiger charge is 2.30. The van der Waals surface area contributed by atoms with Gasteiger partial charge in [0.05, 0.1) is 6.10 Å². The minimum Gasteiger partial charge on any atom is -0.391 e. The quantitative estimate of drug-likeness (QED) is 0.787. The molecule has 4 heteroatoms. The van der Waals surface area contributed by atoms with Crippen molar-refractivity contribution in [2.24, 2.45) is 0 Å². The molecule has 1 fully saturated rings. The summed E-state index contributed by atoms with van der Waals surface area (Å²) in [7, 11) is 0. The van der Waals surface area contributed by atoms with E-state index in [0.717, 1.165) is 18.7 Å². The van der Waals surface area contributed by atoms with Crippen molar-refractivity contribution in [3.05, 3.63) is 66.0 Å². The summed E-state index contributed by atoms with van der Waals surface area (Å²) in [5, 5.41) is 13.2. The fraction of sp³-hybridized carbons (Fsp3) is 0.300. The van der Waals surface area contributed by atoms with E-state index in [-0.39, 0.29) is 5.92 Å². The number of benzene rings is 2. The van der Waals surface area contributed by atoms with Crippen molar-refractivity contribution in [1.29, 1.82) is 0 Å². The van der Waals surface area contributed by atoms with Crippen molar-refractivity contribution in [1.82, 2.24) is 9.97 Å². The molecule has 4 nitrogen and oxygen atoms in total. The Kier molecular flexibility index (Phi) is 3.90. The van der Waals surface area contributed by atoms with Gasteiger partial charge < -0.3 is 10.0 Å². The lowest BCUT2D eigenvalue weighted by atomic mass is 9.86. The van der Waals surface area contributed by atoms with Crippen LogP contribution in [-0.2, 0) is 0 Å². The Labute approximate surface area is 141 Å². The Hall–Kier alpha value is -2.46. The molecule has 2 heterocycles. The van der Waals surface area contributed by atoms with E-state index < -0.39 is 6.10 Å². The van der Waals surface area contributed by atoms with E-state index in [0.29, 0.717) is 12.5 Å². The molecule has 0 bridgehead atoms. The first-order valence-corrected chi connectivity index (χ1v) is 8.42. The lowest BCUT2D eigenvalue weighted by molar-refractivity contribution is 0.129. The number of hydrogen-bond acceptors (Lipinski definition) is 4. The van der Waals surface area contributed by atoms with Crippen LogP contribution in [0.5, 0.6) is 0 Å². The molecule has 0 radical (unpaired) electrons. The molecule has 2 atom stereocenters. The lowest BCUT2D eigenvalue weighted by Crippen LogP contribution is -2.43. The smallest absolute Gasteiger partial charge is 0.225 e. The Morgan fingerprint density at radius 1 is 1.08 bits per heavy atom. The van der Waals surface area contributed by atoms with Crippen LogP contribution in [0.4, 0.5) is 5.95 Å². The van der Waals surface area contributed by atoms with Crippen LogP contribution < -0.4 is 4.90 Å². The summed E-state index contributed by atoms with van der Waals surface area (Å²) in [6, 6.07) is 16.7. The Morgan fingerprint density at radius 3 is 2.71 bits per heavy atom. The first-order valence-electron chi connectivity index (χ1n) is 8.42. The molecule has 0 amide bonds. The highest BCUT2D eigenvalue weighted by molar-refractivity contribution is 5.83. The summed E-state index contributed by atoms with van der Waals surface area (Å²) in [6.07, 6.45) is 2.26.